The van der Waals surface area contributed by atoms with Crippen LogP contribution < -0.4 is 0 Å². The van der Waals surface area contributed by atoms with Gasteiger partial charge in [-0.3, -0.25) is 4.79 Å². The third-order valence-corrected chi connectivity index (χ3v) is 3.39. The number of esters is 1. The van der Waals surface area contributed by atoms with Crippen LogP contribution in [0.1, 0.15) is 29.6 Å². The Hall–Kier alpha value is -2.31. The van der Waals surface area contributed by atoms with Gasteiger partial charge in [-0.25, -0.2) is 8.78 Å². The highest BCUT2D eigenvalue weighted by Gasteiger charge is 2.46. The van der Waals surface area contributed by atoms with Crippen LogP contribution >= 0.6 is 0 Å². The predicted octanol–water partition coefficient (Wildman–Crippen LogP) is 2.50. The lowest BCUT2D eigenvalue weighted by atomic mass is 10.1. The molecule has 1 fully saturated rings. The first kappa shape index (κ1) is 13.7. The Morgan fingerprint density at radius 2 is 2.29 bits per heavy atom. The molecule has 1 saturated carbocycles. The van der Waals surface area contributed by atoms with E-state index in [2.05, 4.69) is 10.1 Å². The largest absolute Gasteiger partial charge is 0.457 e. The van der Waals surface area contributed by atoms with Crippen molar-refractivity contribution < 1.29 is 22.8 Å². The van der Waals surface area contributed by atoms with E-state index in [-0.39, 0.29) is 23.9 Å². The van der Waals surface area contributed by atoms with E-state index < -0.39 is 23.5 Å². The van der Waals surface area contributed by atoms with Crippen LogP contribution in [0.4, 0.5) is 8.78 Å². The summed E-state index contributed by atoms with van der Waals surface area (Å²) in [5.74, 6) is -2.40. The summed E-state index contributed by atoms with van der Waals surface area (Å²) in [6.07, 6.45) is 0.449. The summed E-state index contributed by atoms with van der Waals surface area (Å²) in [5, 5.41) is 3.60. The third kappa shape index (κ3) is 2.76. The summed E-state index contributed by atoms with van der Waals surface area (Å²) in [6.45, 7) is 1.53. The maximum atomic E-state index is 13.6. The van der Waals surface area contributed by atoms with E-state index in [1.807, 2.05) is 0 Å². The Kier molecular flexibility index (Phi) is 3.40. The predicted molar refractivity (Wildman–Crippen MR) is 66.0 cm³/mol. The molecule has 0 amide bonds. The fourth-order valence-electron chi connectivity index (χ4n) is 2.25. The number of nitrogens with zero attached hydrogens (tertiary/aromatic N) is 2. The minimum atomic E-state index is -0.909. The van der Waals surface area contributed by atoms with E-state index in [9.17, 15) is 13.6 Å². The lowest BCUT2D eigenvalue weighted by Crippen LogP contribution is -2.09. The third-order valence-electron chi connectivity index (χ3n) is 3.39. The van der Waals surface area contributed by atoms with Crippen molar-refractivity contribution in [2.45, 2.75) is 25.9 Å². The average molecular weight is 294 g/mol. The van der Waals surface area contributed by atoms with Crippen LogP contribution in [0.15, 0.2) is 22.7 Å². The molecule has 2 atom stereocenters. The van der Waals surface area contributed by atoms with Gasteiger partial charge in [0.1, 0.15) is 0 Å². The van der Waals surface area contributed by atoms with Gasteiger partial charge in [-0.05, 0) is 18.1 Å². The van der Waals surface area contributed by atoms with Gasteiger partial charge in [-0.15, -0.1) is 0 Å². The van der Waals surface area contributed by atoms with Gasteiger partial charge in [0.2, 0.25) is 11.7 Å². The smallest absolute Gasteiger partial charge is 0.310 e. The Morgan fingerprint density at radius 1 is 1.48 bits per heavy atom. The SMILES string of the molecule is Cc1nc(COC(=O)[C@H]2C[C@@H]2c2cccc(F)c2F)no1. The van der Waals surface area contributed by atoms with Crippen molar-refractivity contribution in [1.29, 1.82) is 0 Å². The van der Waals surface area contributed by atoms with E-state index in [4.69, 9.17) is 9.26 Å². The molecule has 0 N–H and O–H groups in total. The molecule has 3 rings (SSSR count). The van der Waals surface area contributed by atoms with Gasteiger partial charge in [0.25, 0.3) is 0 Å². The Balaban J connectivity index is 1.59. The van der Waals surface area contributed by atoms with Crippen molar-refractivity contribution >= 4 is 5.97 Å². The van der Waals surface area contributed by atoms with Crippen molar-refractivity contribution in [3.05, 3.63) is 47.1 Å². The Bertz CT molecular complexity index is 687. The highest BCUT2D eigenvalue weighted by molar-refractivity contribution is 5.77. The van der Waals surface area contributed by atoms with Crippen molar-refractivity contribution in [3.8, 4) is 0 Å². The zero-order chi connectivity index (χ0) is 15.0. The van der Waals surface area contributed by atoms with Gasteiger partial charge < -0.3 is 9.26 Å². The minimum absolute atomic E-state index is 0.0922. The molecule has 0 unspecified atom stereocenters. The average Bonchev–Trinajstić information content (AvgIpc) is 3.15. The van der Waals surface area contributed by atoms with E-state index in [0.29, 0.717) is 12.3 Å². The van der Waals surface area contributed by atoms with Crippen LogP contribution in [-0.4, -0.2) is 16.1 Å². The van der Waals surface area contributed by atoms with Crippen LogP contribution in [0, 0.1) is 24.5 Å². The maximum Gasteiger partial charge on any atom is 0.310 e. The van der Waals surface area contributed by atoms with E-state index in [0.717, 1.165) is 6.07 Å². The summed E-state index contributed by atoms with van der Waals surface area (Å²) in [4.78, 5) is 15.7. The van der Waals surface area contributed by atoms with E-state index >= 15 is 0 Å². The number of benzene rings is 1. The van der Waals surface area contributed by atoms with Gasteiger partial charge in [-0.1, -0.05) is 17.3 Å². The number of carbonyl (C=O) groups is 1. The van der Waals surface area contributed by atoms with Gasteiger partial charge in [0.15, 0.2) is 18.2 Å². The summed E-state index contributed by atoms with van der Waals surface area (Å²) in [6, 6.07) is 3.96. The van der Waals surface area contributed by atoms with Crippen molar-refractivity contribution in [1.82, 2.24) is 10.1 Å². The topological polar surface area (TPSA) is 65.2 Å². The number of carbonyl (C=O) groups excluding carboxylic acids is 1. The zero-order valence-corrected chi connectivity index (χ0v) is 11.2. The molecule has 1 aromatic carbocycles. The second-order valence-electron chi connectivity index (χ2n) is 4.93. The summed E-state index contributed by atoms with van der Waals surface area (Å²) in [5.41, 5.74) is 0.215. The Labute approximate surface area is 118 Å². The first-order valence-corrected chi connectivity index (χ1v) is 6.46. The first-order chi connectivity index (χ1) is 10.1. The van der Waals surface area contributed by atoms with Crippen LogP contribution in [0.2, 0.25) is 0 Å². The molecule has 7 heteroatoms. The van der Waals surface area contributed by atoms with Gasteiger partial charge in [0, 0.05) is 12.8 Å². The fraction of sp³-hybridized carbons (Fsp3) is 0.357. The second-order valence-corrected chi connectivity index (χ2v) is 4.93. The second kappa shape index (κ2) is 5.23. The summed E-state index contributed by atoms with van der Waals surface area (Å²) in [7, 11) is 0. The molecular weight excluding hydrogens is 282 g/mol. The molecule has 0 bridgehead atoms. The minimum Gasteiger partial charge on any atom is -0.457 e. The number of hydrogen-bond donors (Lipinski definition) is 0. The van der Waals surface area contributed by atoms with Gasteiger partial charge in [-0.2, -0.15) is 4.98 Å². The molecule has 110 valence electrons. The highest BCUT2D eigenvalue weighted by Crippen LogP contribution is 2.49. The van der Waals surface area contributed by atoms with Crippen LogP contribution in [0.3, 0.4) is 0 Å². The van der Waals surface area contributed by atoms with Crippen molar-refractivity contribution in [2.24, 2.45) is 5.92 Å². The molecule has 0 aliphatic heterocycles. The summed E-state index contributed by atoms with van der Waals surface area (Å²) >= 11 is 0. The molecule has 1 aromatic heterocycles. The number of aryl methyl sites for hydroxylation is 1. The monoisotopic (exact) mass is 294 g/mol. The molecule has 2 aromatic rings. The standard InChI is InChI=1S/C14H12F2N2O3/c1-7-17-12(18-21-7)6-20-14(19)10-5-9(10)8-3-2-4-11(15)13(8)16/h2-4,9-10H,5-6H2,1H3/t9-,10+/m1/s1. The first-order valence-electron chi connectivity index (χ1n) is 6.46. The summed E-state index contributed by atoms with van der Waals surface area (Å²) < 4.78 is 36.6. The molecule has 5 nitrogen and oxygen atoms in total. The molecule has 0 radical (unpaired) electrons. The normalized spacial score (nSPS) is 20.3. The van der Waals surface area contributed by atoms with E-state index in [1.54, 1.807) is 6.92 Å². The quantitative estimate of drug-likeness (QED) is 0.811. The lowest BCUT2D eigenvalue weighted by molar-refractivity contribution is -0.146. The van der Waals surface area contributed by atoms with Crippen molar-refractivity contribution in [3.63, 3.8) is 0 Å². The number of aromatic nitrogens is 2. The number of halogens is 2. The molecule has 0 spiro atoms. The maximum absolute atomic E-state index is 13.6. The van der Waals surface area contributed by atoms with Crippen molar-refractivity contribution in [2.75, 3.05) is 0 Å². The lowest BCUT2D eigenvalue weighted by Gasteiger charge is -2.03. The molecular formula is C14H12F2N2O3. The molecule has 1 aliphatic rings. The van der Waals surface area contributed by atoms with Crippen LogP contribution in [-0.2, 0) is 16.1 Å². The molecule has 1 aliphatic carbocycles. The van der Waals surface area contributed by atoms with Gasteiger partial charge >= 0.3 is 5.97 Å². The zero-order valence-electron chi connectivity index (χ0n) is 11.2. The van der Waals surface area contributed by atoms with E-state index in [1.165, 1.54) is 12.1 Å². The van der Waals surface area contributed by atoms with Crippen LogP contribution in [0.25, 0.3) is 0 Å². The molecule has 0 saturated heterocycles. The van der Waals surface area contributed by atoms with Crippen LogP contribution in [0.5, 0.6) is 0 Å². The number of rotatable bonds is 4. The number of ether oxygens (including phenoxy) is 1. The highest BCUT2D eigenvalue weighted by atomic mass is 19.2. The fourth-order valence-corrected chi connectivity index (χ4v) is 2.25. The number of hydrogen-bond acceptors (Lipinski definition) is 5. The molecule has 1 heterocycles. The van der Waals surface area contributed by atoms with Gasteiger partial charge in [0.05, 0.1) is 5.92 Å². The molecule has 21 heavy (non-hydrogen) atoms. The Morgan fingerprint density at radius 3 is 3.00 bits per heavy atom.